The van der Waals surface area contributed by atoms with Gasteiger partial charge in [0.2, 0.25) is 0 Å². The molecule has 0 bridgehead atoms. The van der Waals surface area contributed by atoms with Gasteiger partial charge in [0, 0.05) is 18.6 Å². The lowest BCUT2D eigenvalue weighted by Gasteiger charge is -2.38. The van der Waals surface area contributed by atoms with Gasteiger partial charge in [-0.3, -0.25) is 0 Å². The zero-order chi connectivity index (χ0) is 12.1. The van der Waals surface area contributed by atoms with E-state index in [-0.39, 0.29) is 0 Å². The molecule has 2 aliphatic rings. The van der Waals surface area contributed by atoms with Crippen LogP contribution < -0.4 is 5.32 Å². The van der Waals surface area contributed by atoms with E-state index in [1.807, 2.05) is 0 Å². The van der Waals surface area contributed by atoms with E-state index in [9.17, 15) is 0 Å². The van der Waals surface area contributed by atoms with Crippen molar-refractivity contribution in [1.29, 1.82) is 0 Å². The van der Waals surface area contributed by atoms with Crippen molar-refractivity contribution in [3.05, 3.63) is 0 Å². The predicted octanol–water partition coefficient (Wildman–Crippen LogP) is 3.03. The molecule has 2 rings (SSSR count). The molecule has 3 unspecified atom stereocenters. The highest BCUT2D eigenvalue weighted by molar-refractivity contribution is 4.87. The van der Waals surface area contributed by atoms with Gasteiger partial charge in [-0.05, 0) is 51.6 Å². The molecule has 1 aliphatic carbocycles. The van der Waals surface area contributed by atoms with Gasteiger partial charge in [0.15, 0.2) is 0 Å². The number of hydrogen-bond acceptors (Lipinski definition) is 2. The molecule has 1 heterocycles. The van der Waals surface area contributed by atoms with Gasteiger partial charge in [0.05, 0.1) is 0 Å². The monoisotopic (exact) mass is 238 g/mol. The van der Waals surface area contributed by atoms with E-state index in [0.717, 1.165) is 18.0 Å². The summed E-state index contributed by atoms with van der Waals surface area (Å²) in [5, 5.41) is 3.52. The van der Waals surface area contributed by atoms with Crippen LogP contribution in [0.4, 0.5) is 0 Å². The Morgan fingerprint density at radius 1 is 1.12 bits per heavy atom. The van der Waals surface area contributed by atoms with E-state index < -0.39 is 0 Å². The summed E-state index contributed by atoms with van der Waals surface area (Å²) in [5.41, 5.74) is 0. The predicted molar refractivity (Wildman–Crippen MR) is 74.3 cm³/mol. The zero-order valence-corrected chi connectivity index (χ0v) is 11.8. The fraction of sp³-hybridized carbons (Fsp3) is 1.00. The molecule has 100 valence electrons. The Morgan fingerprint density at radius 2 is 2.00 bits per heavy atom. The van der Waals surface area contributed by atoms with Gasteiger partial charge in [-0.25, -0.2) is 0 Å². The zero-order valence-electron chi connectivity index (χ0n) is 11.8. The van der Waals surface area contributed by atoms with Crippen LogP contribution in [0.15, 0.2) is 0 Å². The van der Waals surface area contributed by atoms with E-state index in [1.165, 1.54) is 64.5 Å². The molecule has 0 radical (unpaired) electrons. The molecular weight excluding hydrogens is 208 g/mol. The third kappa shape index (κ3) is 3.45. The molecule has 2 nitrogen and oxygen atoms in total. The highest BCUT2D eigenvalue weighted by atomic mass is 15.2. The van der Waals surface area contributed by atoms with Gasteiger partial charge >= 0.3 is 0 Å². The van der Waals surface area contributed by atoms with Crippen molar-refractivity contribution in [3.63, 3.8) is 0 Å². The lowest BCUT2D eigenvalue weighted by Crippen LogP contribution is -2.45. The minimum atomic E-state index is 0.791. The van der Waals surface area contributed by atoms with Crippen LogP contribution in [0.1, 0.15) is 58.3 Å². The molecule has 1 N–H and O–H groups in total. The molecule has 1 aliphatic heterocycles. The molecule has 17 heavy (non-hydrogen) atoms. The SMILES string of the molecule is CCCC1CCCCN1CC1CCCC1NC. The topological polar surface area (TPSA) is 15.3 Å². The van der Waals surface area contributed by atoms with Crippen LogP contribution in [-0.2, 0) is 0 Å². The molecule has 0 amide bonds. The second-order valence-corrected chi connectivity index (χ2v) is 6.02. The Kier molecular flexibility index (Phi) is 5.30. The molecule has 0 aromatic carbocycles. The number of likely N-dealkylation sites (tertiary alicyclic amines) is 1. The van der Waals surface area contributed by atoms with E-state index >= 15 is 0 Å². The van der Waals surface area contributed by atoms with Crippen LogP contribution in [0, 0.1) is 5.92 Å². The standard InChI is InChI=1S/C15H30N2/c1-3-7-14-9-4-5-11-17(14)12-13-8-6-10-15(13)16-2/h13-16H,3-12H2,1-2H3. The molecule has 0 aromatic heterocycles. The molecule has 1 saturated heterocycles. The fourth-order valence-electron chi connectivity index (χ4n) is 3.90. The van der Waals surface area contributed by atoms with Crippen molar-refractivity contribution in [2.75, 3.05) is 20.1 Å². The van der Waals surface area contributed by atoms with Crippen molar-refractivity contribution in [2.45, 2.75) is 70.4 Å². The maximum Gasteiger partial charge on any atom is 0.0104 e. The third-order valence-electron chi connectivity index (χ3n) is 4.87. The Balaban J connectivity index is 1.86. The van der Waals surface area contributed by atoms with Crippen molar-refractivity contribution in [3.8, 4) is 0 Å². The van der Waals surface area contributed by atoms with Crippen molar-refractivity contribution in [1.82, 2.24) is 10.2 Å². The first-order valence-electron chi connectivity index (χ1n) is 7.76. The first-order chi connectivity index (χ1) is 8.35. The first-order valence-corrected chi connectivity index (χ1v) is 7.76. The number of nitrogens with zero attached hydrogens (tertiary/aromatic N) is 1. The highest BCUT2D eigenvalue weighted by Gasteiger charge is 2.30. The Morgan fingerprint density at radius 3 is 2.76 bits per heavy atom. The summed E-state index contributed by atoms with van der Waals surface area (Å²) >= 11 is 0. The summed E-state index contributed by atoms with van der Waals surface area (Å²) in [6.45, 7) is 5.05. The number of nitrogens with one attached hydrogen (secondary N) is 1. The molecule has 2 heteroatoms. The van der Waals surface area contributed by atoms with Crippen LogP contribution >= 0.6 is 0 Å². The summed E-state index contributed by atoms with van der Waals surface area (Å²) in [4.78, 5) is 2.81. The summed E-state index contributed by atoms with van der Waals surface area (Å²) in [7, 11) is 2.14. The normalized spacial score (nSPS) is 35.3. The minimum Gasteiger partial charge on any atom is -0.317 e. The molecule has 1 saturated carbocycles. The lowest BCUT2D eigenvalue weighted by atomic mass is 9.95. The van der Waals surface area contributed by atoms with Crippen molar-refractivity contribution < 1.29 is 0 Å². The Bertz CT molecular complexity index is 215. The molecule has 0 spiro atoms. The third-order valence-corrected chi connectivity index (χ3v) is 4.87. The fourth-order valence-corrected chi connectivity index (χ4v) is 3.90. The first kappa shape index (κ1) is 13.4. The van der Waals surface area contributed by atoms with Crippen LogP contribution in [0.25, 0.3) is 0 Å². The maximum atomic E-state index is 3.52. The van der Waals surface area contributed by atoms with Gasteiger partial charge in [0.1, 0.15) is 0 Å². The average molecular weight is 238 g/mol. The van der Waals surface area contributed by atoms with Gasteiger partial charge in [-0.2, -0.15) is 0 Å². The largest absolute Gasteiger partial charge is 0.317 e. The van der Waals surface area contributed by atoms with Crippen LogP contribution in [0.5, 0.6) is 0 Å². The summed E-state index contributed by atoms with van der Waals surface area (Å²) in [6.07, 6.45) is 11.4. The second kappa shape index (κ2) is 6.75. The minimum absolute atomic E-state index is 0.791. The van der Waals surface area contributed by atoms with Crippen molar-refractivity contribution in [2.24, 2.45) is 5.92 Å². The summed E-state index contributed by atoms with van der Waals surface area (Å²) in [6, 6.07) is 1.69. The highest BCUT2D eigenvalue weighted by Crippen LogP contribution is 2.29. The lowest BCUT2D eigenvalue weighted by molar-refractivity contribution is 0.112. The van der Waals surface area contributed by atoms with Gasteiger partial charge in [-0.15, -0.1) is 0 Å². The Hall–Kier alpha value is -0.0800. The molecule has 0 aromatic rings. The summed E-state index contributed by atoms with van der Waals surface area (Å²) < 4.78 is 0. The maximum absolute atomic E-state index is 3.52. The van der Waals surface area contributed by atoms with Gasteiger partial charge in [-0.1, -0.05) is 26.2 Å². The van der Waals surface area contributed by atoms with Gasteiger partial charge < -0.3 is 10.2 Å². The molecule has 3 atom stereocenters. The number of piperidine rings is 1. The average Bonchev–Trinajstić information content (AvgIpc) is 2.79. The van der Waals surface area contributed by atoms with Crippen molar-refractivity contribution >= 4 is 0 Å². The molecule has 2 fully saturated rings. The van der Waals surface area contributed by atoms with Gasteiger partial charge in [0.25, 0.3) is 0 Å². The molecular formula is C15H30N2. The summed E-state index contributed by atoms with van der Waals surface area (Å²) in [5.74, 6) is 0.914. The number of rotatable bonds is 5. The van der Waals surface area contributed by atoms with E-state index in [2.05, 4.69) is 24.2 Å². The van der Waals surface area contributed by atoms with Crippen LogP contribution in [0.3, 0.4) is 0 Å². The van der Waals surface area contributed by atoms with Crippen LogP contribution in [-0.4, -0.2) is 37.1 Å². The Labute approximate surface area is 107 Å². The van der Waals surface area contributed by atoms with E-state index in [4.69, 9.17) is 0 Å². The van der Waals surface area contributed by atoms with E-state index in [1.54, 1.807) is 0 Å². The van der Waals surface area contributed by atoms with E-state index in [0.29, 0.717) is 0 Å². The van der Waals surface area contributed by atoms with Crippen LogP contribution in [0.2, 0.25) is 0 Å². The quantitative estimate of drug-likeness (QED) is 0.792. The number of hydrogen-bond donors (Lipinski definition) is 1. The second-order valence-electron chi connectivity index (χ2n) is 6.02. The smallest absolute Gasteiger partial charge is 0.0104 e.